The second-order valence-electron chi connectivity index (χ2n) is 5.81. The summed E-state index contributed by atoms with van der Waals surface area (Å²) < 4.78 is 0. The van der Waals surface area contributed by atoms with Gasteiger partial charge in [0.1, 0.15) is 11.6 Å². The largest absolute Gasteiger partial charge is 0.298 e. The van der Waals surface area contributed by atoms with E-state index in [1.165, 1.54) is 0 Å². The fourth-order valence-corrected chi connectivity index (χ4v) is 2.24. The Balaban J connectivity index is 0.00000211. The van der Waals surface area contributed by atoms with E-state index < -0.39 is 0 Å². The van der Waals surface area contributed by atoms with Crippen LogP contribution in [0.5, 0.6) is 0 Å². The maximum Gasteiger partial charge on any atom is 0.147 e. The van der Waals surface area contributed by atoms with Crippen LogP contribution in [-0.2, 0) is 16.0 Å². The summed E-state index contributed by atoms with van der Waals surface area (Å²) in [4.78, 5) is 23.5. The molecule has 1 aromatic carbocycles. The Morgan fingerprint density at radius 2 is 1.45 bits per heavy atom. The minimum Gasteiger partial charge on any atom is -0.298 e. The Hall–Kier alpha value is -1.48. The third-order valence-corrected chi connectivity index (χ3v) is 3.37. The van der Waals surface area contributed by atoms with E-state index >= 15 is 0 Å². The monoisotopic (exact) mass is 305 g/mol. The van der Waals surface area contributed by atoms with Gasteiger partial charge in [0.05, 0.1) is 12.1 Å². The molecule has 0 aliphatic heterocycles. The smallest absolute Gasteiger partial charge is 0.147 e. The van der Waals surface area contributed by atoms with Crippen LogP contribution in [-0.4, -0.2) is 23.7 Å². The fraction of sp³-hybridized carbons (Fsp3) is 0.579. The maximum absolute atomic E-state index is 11.8. The highest BCUT2D eigenvalue weighted by Crippen LogP contribution is 2.10. The van der Waals surface area contributed by atoms with Crippen LogP contribution < -0.4 is 5.32 Å². The minimum atomic E-state index is -0.301. The quantitative estimate of drug-likeness (QED) is 0.794. The highest BCUT2D eigenvalue weighted by atomic mass is 16.1. The SMILES string of the molecule is CC.CC(=O)[C@H](Cc1ccccc1)N[C@@H](CC(C)C)C(C)=O. The standard InChI is InChI=1S/C17H25NO2.C2H6/c1-12(2)10-16(13(3)19)18-17(14(4)20)11-15-8-6-5-7-9-15;1-2/h5-9,12,16-18H,10-11H2,1-4H3;1-2H3/t16-,17-;/m0./s1. The van der Waals surface area contributed by atoms with Crippen LogP contribution in [0.25, 0.3) is 0 Å². The zero-order chi connectivity index (χ0) is 17.1. The van der Waals surface area contributed by atoms with Crippen molar-refractivity contribution in [3.05, 3.63) is 35.9 Å². The molecule has 0 heterocycles. The molecule has 2 atom stereocenters. The Kier molecular flexibility index (Phi) is 10.4. The topological polar surface area (TPSA) is 46.2 Å². The molecule has 0 unspecified atom stereocenters. The number of hydrogen-bond acceptors (Lipinski definition) is 3. The first-order valence-corrected chi connectivity index (χ1v) is 8.21. The first-order valence-electron chi connectivity index (χ1n) is 8.21. The molecular weight excluding hydrogens is 274 g/mol. The van der Waals surface area contributed by atoms with Gasteiger partial charge in [0.2, 0.25) is 0 Å². The highest BCUT2D eigenvalue weighted by molar-refractivity contribution is 5.85. The van der Waals surface area contributed by atoms with Crippen LogP contribution in [0, 0.1) is 5.92 Å². The second-order valence-corrected chi connectivity index (χ2v) is 5.81. The molecule has 3 nitrogen and oxygen atoms in total. The van der Waals surface area contributed by atoms with Crippen molar-refractivity contribution >= 4 is 11.6 Å². The number of carbonyl (C=O) groups is 2. The number of benzene rings is 1. The molecule has 1 N–H and O–H groups in total. The van der Waals surface area contributed by atoms with Gasteiger partial charge in [-0.05, 0) is 38.2 Å². The fourth-order valence-electron chi connectivity index (χ4n) is 2.24. The van der Waals surface area contributed by atoms with Crippen LogP contribution in [0.2, 0.25) is 0 Å². The van der Waals surface area contributed by atoms with Gasteiger partial charge < -0.3 is 0 Å². The van der Waals surface area contributed by atoms with Gasteiger partial charge in [-0.15, -0.1) is 0 Å². The van der Waals surface area contributed by atoms with Gasteiger partial charge in [-0.1, -0.05) is 58.0 Å². The molecule has 3 heteroatoms. The summed E-state index contributed by atoms with van der Waals surface area (Å²) >= 11 is 0. The molecule has 0 spiro atoms. The van der Waals surface area contributed by atoms with E-state index in [1.54, 1.807) is 13.8 Å². The van der Waals surface area contributed by atoms with E-state index in [9.17, 15) is 9.59 Å². The Labute approximate surface area is 135 Å². The van der Waals surface area contributed by atoms with Gasteiger partial charge in [0, 0.05) is 0 Å². The van der Waals surface area contributed by atoms with Gasteiger partial charge in [-0.3, -0.25) is 14.9 Å². The van der Waals surface area contributed by atoms with Crippen molar-refractivity contribution in [2.45, 2.75) is 66.5 Å². The first-order chi connectivity index (χ1) is 10.4. The lowest BCUT2D eigenvalue weighted by Gasteiger charge is -2.24. The summed E-state index contributed by atoms with van der Waals surface area (Å²) in [6.07, 6.45) is 1.38. The van der Waals surface area contributed by atoms with Crippen molar-refractivity contribution in [2.75, 3.05) is 0 Å². The van der Waals surface area contributed by atoms with Crippen molar-refractivity contribution < 1.29 is 9.59 Å². The first kappa shape index (κ1) is 20.5. The molecular formula is C19H31NO2. The molecule has 1 aromatic rings. The molecule has 0 saturated carbocycles. The van der Waals surface area contributed by atoms with Crippen molar-refractivity contribution in [1.82, 2.24) is 5.32 Å². The summed E-state index contributed by atoms with van der Waals surface area (Å²) in [7, 11) is 0. The van der Waals surface area contributed by atoms with Crippen LogP contribution in [0.15, 0.2) is 30.3 Å². The molecule has 124 valence electrons. The number of carbonyl (C=O) groups excluding carboxylic acids is 2. The molecule has 0 fully saturated rings. The summed E-state index contributed by atoms with van der Waals surface area (Å²) in [5.41, 5.74) is 1.10. The number of Topliss-reactive ketones (excluding diaryl/α,β-unsaturated/α-hetero) is 2. The van der Waals surface area contributed by atoms with Gasteiger partial charge in [0.15, 0.2) is 0 Å². The van der Waals surface area contributed by atoms with E-state index in [0.717, 1.165) is 12.0 Å². The van der Waals surface area contributed by atoms with Crippen molar-refractivity contribution in [3.8, 4) is 0 Å². The lowest BCUT2D eigenvalue weighted by Crippen LogP contribution is -2.47. The van der Waals surface area contributed by atoms with Crippen LogP contribution in [0.1, 0.15) is 53.5 Å². The molecule has 0 radical (unpaired) electrons. The number of nitrogens with one attached hydrogen (secondary N) is 1. The molecule has 0 amide bonds. The average molecular weight is 305 g/mol. The third kappa shape index (κ3) is 8.08. The zero-order valence-electron chi connectivity index (χ0n) is 14.8. The predicted octanol–water partition coefficient (Wildman–Crippen LogP) is 3.81. The lowest BCUT2D eigenvalue weighted by atomic mass is 9.97. The molecule has 0 aliphatic carbocycles. The van der Waals surface area contributed by atoms with Crippen molar-refractivity contribution in [3.63, 3.8) is 0 Å². The summed E-state index contributed by atoms with van der Waals surface area (Å²) in [5.74, 6) is 0.586. The molecule has 0 bridgehead atoms. The van der Waals surface area contributed by atoms with Crippen LogP contribution in [0.3, 0.4) is 0 Å². The highest BCUT2D eigenvalue weighted by Gasteiger charge is 2.23. The molecule has 0 aliphatic rings. The van der Waals surface area contributed by atoms with E-state index in [-0.39, 0.29) is 23.7 Å². The van der Waals surface area contributed by atoms with E-state index in [2.05, 4.69) is 19.2 Å². The van der Waals surface area contributed by atoms with Gasteiger partial charge >= 0.3 is 0 Å². The number of rotatable bonds is 8. The Morgan fingerprint density at radius 1 is 0.955 bits per heavy atom. The number of hydrogen-bond donors (Lipinski definition) is 1. The average Bonchev–Trinajstić information content (AvgIpc) is 2.48. The summed E-state index contributed by atoms with van der Waals surface area (Å²) in [6, 6.07) is 9.34. The number of ketones is 2. The van der Waals surface area contributed by atoms with E-state index in [0.29, 0.717) is 12.3 Å². The zero-order valence-corrected chi connectivity index (χ0v) is 14.8. The Morgan fingerprint density at radius 3 is 1.86 bits per heavy atom. The van der Waals surface area contributed by atoms with Crippen molar-refractivity contribution in [2.24, 2.45) is 5.92 Å². The van der Waals surface area contributed by atoms with Gasteiger partial charge in [0.25, 0.3) is 0 Å². The second kappa shape index (κ2) is 11.1. The molecule has 22 heavy (non-hydrogen) atoms. The molecule has 0 aromatic heterocycles. The molecule has 0 saturated heterocycles. The summed E-state index contributed by atoms with van der Waals surface area (Å²) in [6.45, 7) is 11.3. The lowest BCUT2D eigenvalue weighted by molar-refractivity contribution is -0.121. The third-order valence-electron chi connectivity index (χ3n) is 3.37. The van der Waals surface area contributed by atoms with Gasteiger partial charge in [-0.25, -0.2) is 0 Å². The summed E-state index contributed by atoms with van der Waals surface area (Å²) in [5, 5.41) is 3.23. The van der Waals surface area contributed by atoms with Gasteiger partial charge in [-0.2, -0.15) is 0 Å². The van der Waals surface area contributed by atoms with Crippen LogP contribution in [0.4, 0.5) is 0 Å². The normalized spacial score (nSPS) is 13.0. The van der Waals surface area contributed by atoms with Crippen molar-refractivity contribution in [1.29, 1.82) is 0 Å². The minimum absolute atomic E-state index is 0.0730. The van der Waals surface area contributed by atoms with Crippen LogP contribution >= 0.6 is 0 Å². The van der Waals surface area contributed by atoms with E-state index in [4.69, 9.17) is 0 Å². The van der Waals surface area contributed by atoms with E-state index in [1.807, 2.05) is 44.2 Å². The Bertz CT molecular complexity index is 440. The predicted molar refractivity (Wildman–Crippen MR) is 93.0 cm³/mol. The maximum atomic E-state index is 11.8. The molecule has 1 rings (SSSR count).